The standard InChI is InChI=1S/C13H17N3O3S/c17-10-4-2-1-3-9(10)15-11(18)8-7-14-13-16(12(8)19)5-6-20-13/h7,9-10,17H,1-6H2,(H,15,18)/t9-,10-/m1/s1. The number of nitrogens with zero attached hydrogens (tertiary/aromatic N) is 2. The molecule has 2 aliphatic rings. The summed E-state index contributed by atoms with van der Waals surface area (Å²) in [5.74, 6) is 0.384. The second kappa shape index (κ2) is 5.57. The van der Waals surface area contributed by atoms with Crippen LogP contribution in [0.3, 0.4) is 0 Å². The fourth-order valence-corrected chi connectivity index (χ4v) is 3.61. The van der Waals surface area contributed by atoms with Gasteiger partial charge in [0.2, 0.25) is 0 Å². The number of aromatic nitrogens is 2. The van der Waals surface area contributed by atoms with Crippen molar-refractivity contribution in [2.24, 2.45) is 0 Å². The molecule has 6 nitrogen and oxygen atoms in total. The normalized spacial score (nSPS) is 25.2. The zero-order valence-electron chi connectivity index (χ0n) is 11.0. The van der Waals surface area contributed by atoms with Gasteiger partial charge in [-0.2, -0.15) is 0 Å². The predicted octanol–water partition coefficient (Wildman–Crippen LogP) is 0.382. The highest BCUT2D eigenvalue weighted by molar-refractivity contribution is 7.99. The van der Waals surface area contributed by atoms with Crippen molar-refractivity contribution in [2.75, 3.05) is 5.75 Å². The molecule has 2 atom stereocenters. The molecule has 7 heteroatoms. The highest BCUT2D eigenvalue weighted by atomic mass is 32.2. The van der Waals surface area contributed by atoms with E-state index in [2.05, 4.69) is 10.3 Å². The van der Waals surface area contributed by atoms with Crippen LogP contribution in [-0.2, 0) is 6.54 Å². The van der Waals surface area contributed by atoms with E-state index in [1.807, 2.05) is 0 Å². The zero-order valence-corrected chi connectivity index (χ0v) is 11.9. The first-order valence-electron chi connectivity index (χ1n) is 6.88. The van der Waals surface area contributed by atoms with Gasteiger partial charge in [-0.15, -0.1) is 0 Å². The second-order valence-corrected chi connectivity index (χ2v) is 6.25. The molecule has 1 saturated carbocycles. The lowest BCUT2D eigenvalue weighted by molar-refractivity contribution is 0.0715. The first-order chi connectivity index (χ1) is 9.66. The summed E-state index contributed by atoms with van der Waals surface area (Å²) in [6, 6.07) is -0.261. The molecule has 1 aromatic rings. The van der Waals surface area contributed by atoms with Crippen molar-refractivity contribution >= 4 is 17.7 Å². The van der Waals surface area contributed by atoms with Gasteiger partial charge in [-0.3, -0.25) is 14.2 Å². The molecule has 108 valence electrons. The fourth-order valence-electron chi connectivity index (χ4n) is 2.70. The Morgan fingerprint density at radius 2 is 2.25 bits per heavy atom. The van der Waals surface area contributed by atoms with Crippen LogP contribution in [0.2, 0.25) is 0 Å². The maximum absolute atomic E-state index is 12.2. The van der Waals surface area contributed by atoms with Gasteiger partial charge >= 0.3 is 0 Å². The van der Waals surface area contributed by atoms with Gasteiger partial charge in [-0.1, -0.05) is 24.6 Å². The number of nitrogens with one attached hydrogen (secondary N) is 1. The van der Waals surface area contributed by atoms with Gasteiger partial charge in [0.15, 0.2) is 5.16 Å². The van der Waals surface area contributed by atoms with Gasteiger partial charge in [-0.05, 0) is 12.8 Å². The number of carbonyl (C=O) groups is 1. The van der Waals surface area contributed by atoms with Crippen LogP contribution in [0.25, 0.3) is 0 Å². The quantitative estimate of drug-likeness (QED) is 0.771. The fraction of sp³-hybridized carbons (Fsp3) is 0.615. The average Bonchev–Trinajstić information content (AvgIpc) is 2.91. The highest BCUT2D eigenvalue weighted by Crippen LogP contribution is 2.21. The van der Waals surface area contributed by atoms with Gasteiger partial charge in [0.25, 0.3) is 11.5 Å². The molecule has 0 aromatic carbocycles. The number of aliphatic hydroxyl groups is 1. The van der Waals surface area contributed by atoms with Crippen LogP contribution in [0.4, 0.5) is 0 Å². The summed E-state index contributed by atoms with van der Waals surface area (Å²) >= 11 is 1.52. The smallest absolute Gasteiger partial charge is 0.267 e. The van der Waals surface area contributed by atoms with Gasteiger partial charge in [0.1, 0.15) is 5.56 Å². The molecular formula is C13H17N3O3S. The molecule has 0 radical (unpaired) electrons. The predicted molar refractivity (Wildman–Crippen MR) is 75.0 cm³/mol. The Morgan fingerprint density at radius 1 is 1.45 bits per heavy atom. The summed E-state index contributed by atoms with van der Waals surface area (Å²) in [6.07, 6.45) is 4.24. The summed E-state index contributed by atoms with van der Waals surface area (Å²) in [4.78, 5) is 28.6. The van der Waals surface area contributed by atoms with Gasteiger partial charge in [0, 0.05) is 18.5 Å². The van der Waals surface area contributed by atoms with Crippen LogP contribution in [0.1, 0.15) is 36.0 Å². The van der Waals surface area contributed by atoms with Crippen LogP contribution in [0.15, 0.2) is 16.1 Å². The lowest BCUT2D eigenvalue weighted by Crippen LogP contribution is -2.46. The van der Waals surface area contributed by atoms with Gasteiger partial charge in [-0.25, -0.2) is 4.98 Å². The lowest BCUT2D eigenvalue weighted by atomic mass is 9.92. The maximum atomic E-state index is 12.2. The molecular weight excluding hydrogens is 278 g/mol. The van der Waals surface area contributed by atoms with E-state index in [9.17, 15) is 14.7 Å². The van der Waals surface area contributed by atoms with Crippen LogP contribution >= 0.6 is 11.8 Å². The van der Waals surface area contributed by atoms with E-state index in [4.69, 9.17) is 0 Å². The molecule has 1 aliphatic heterocycles. The Morgan fingerprint density at radius 3 is 3.05 bits per heavy atom. The summed E-state index contributed by atoms with van der Waals surface area (Å²) in [7, 11) is 0. The summed E-state index contributed by atoms with van der Waals surface area (Å²) in [6.45, 7) is 0.596. The Bertz CT molecular complexity index is 587. The number of hydrogen-bond donors (Lipinski definition) is 2. The Hall–Kier alpha value is -1.34. The summed E-state index contributed by atoms with van der Waals surface area (Å²) in [5, 5.41) is 13.3. The molecule has 0 unspecified atom stereocenters. The summed E-state index contributed by atoms with van der Waals surface area (Å²) in [5.41, 5.74) is -0.225. The summed E-state index contributed by atoms with van der Waals surface area (Å²) < 4.78 is 1.54. The van der Waals surface area contributed by atoms with Crippen LogP contribution in [0, 0.1) is 0 Å². The number of hydrogen-bond acceptors (Lipinski definition) is 5. The van der Waals surface area contributed by atoms with Crippen LogP contribution in [-0.4, -0.2) is 38.5 Å². The molecule has 0 spiro atoms. The molecule has 2 N–H and O–H groups in total. The van der Waals surface area contributed by atoms with E-state index in [-0.39, 0.29) is 17.2 Å². The first-order valence-corrected chi connectivity index (χ1v) is 7.87. The molecule has 2 heterocycles. The number of aliphatic hydroxyl groups excluding tert-OH is 1. The Balaban J connectivity index is 1.79. The topological polar surface area (TPSA) is 84.2 Å². The Labute approximate surface area is 120 Å². The van der Waals surface area contributed by atoms with Crippen molar-refractivity contribution in [2.45, 2.75) is 49.5 Å². The molecule has 1 amide bonds. The molecule has 1 fully saturated rings. The number of fused-ring (bicyclic) bond motifs is 1. The average molecular weight is 295 g/mol. The number of rotatable bonds is 2. The van der Waals surface area contributed by atoms with Crippen molar-refractivity contribution < 1.29 is 9.90 Å². The van der Waals surface area contributed by atoms with E-state index < -0.39 is 12.0 Å². The molecule has 1 aromatic heterocycles. The number of amides is 1. The van der Waals surface area contributed by atoms with E-state index in [0.717, 1.165) is 25.0 Å². The minimum Gasteiger partial charge on any atom is -0.391 e. The van der Waals surface area contributed by atoms with Crippen molar-refractivity contribution in [3.8, 4) is 0 Å². The van der Waals surface area contributed by atoms with E-state index >= 15 is 0 Å². The number of thioether (sulfide) groups is 1. The third-order valence-electron chi connectivity index (χ3n) is 3.85. The Kier molecular flexibility index (Phi) is 3.80. The van der Waals surface area contributed by atoms with Crippen LogP contribution < -0.4 is 10.9 Å². The highest BCUT2D eigenvalue weighted by Gasteiger charge is 2.27. The number of carbonyl (C=O) groups excluding carboxylic acids is 1. The molecule has 3 rings (SSSR count). The lowest BCUT2D eigenvalue weighted by Gasteiger charge is -2.28. The van der Waals surface area contributed by atoms with Crippen molar-refractivity contribution in [1.82, 2.24) is 14.9 Å². The van der Waals surface area contributed by atoms with Crippen molar-refractivity contribution in [1.29, 1.82) is 0 Å². The monoisotopic (exact) mass is 295 g/mol. The molecule has 0 bridgehead atoms. The van der Waals surface area contributed by atoms with E-state index in [1.54, 1.807) is 0 Å². The minimum atomic E-state index is -0.520. The van der Waals surface area contributed by atoms with Gasteiger partial charge < -0.3 is 10.4 Å². The third-order valence-corrected chi connectivity index (χ3v) is 4.82. The molecule has 0 saturated heterocycles. The molecule has 1 aliphatic carbocycles. The van der Waals surface area contributed by atoms with E-state index in [1.165, 1.54) is 22.5 Å². The third kappa shape index (κ3) is 2.47. The minimum absolute atomic E-state index is 0.0639. The van der Waals surface area contributed by atoms with Crippen LogP contribution in [0.5, 0.6) is 0 Å². The van der Waals surface area contributed by atoms with Crippen molar-refractivity contribution in [3.05, 3.63) is 22.1 Å². The second-order valence-electron chi connectivity index (χ2n) is 5.19. The SMILES string of the molecule is O=C(N[C@@H]1CCCC[C@H]1O)c1cnc2n(c1=O)CCS2. The van der Waals surface area contributed by atoms with Gasteiger partial charge in [0.05, 0.1) is 12.1 Å². The van der Waals surface area contributed by atoms with E-state index in [0.29, 0.717) is 18.1 Å². The first kappa shape index (κ1) is 13.6. The zero-order chi connectivity index (χ0) is 14.1. The maximum Gasteiger partial charge on any atom is 0.267 e. The molecule has 20 heavy (non-hydrogen) atoms. The van der Waals surface area contributed by atoms with Crippen molar-refractivity contribution in [3.63, 3.8) is 0 Å². The largest absolute Gasteiger partial charge is 0.391 e.